The zero-order valence-corrected chi connectivity index (χ0v) is 13.0. The van der Waals surface area contributed by atoms with E-state index in [9.17, 15) is 4.79 Å². The lowest BCUT2D eigenvalue weighted by atomic mass is 10.0. The molecular weight excluding hydrogens is 298 g/mol. The van der Waals surface area contributed by atoms with Gasteiger partial charge in [-0.05, 0) is 24.9 Å². The largest absolute Gasteiger partial charge is 0.322 e. The molecule has 2 amide bonds. The number of rotatable bonds is 3. The fourth-order valence-electron chi connectivity index (χ4n) is 2.46. The van der Waals surface area contributed by atoms with Crippen LogP contribution < -0.4 is 21.7 Å². The molecule has 0 unspecified atom stereocenters. The topological polar surface area (TPSA) is 92.1 Å². The number of urea groups is 1. The Bertz CT molecular complexity index is 636. The van der Waals surface area contributed by atoms with E-state index >= 15 is 0 Å². The van der Waals surface area contributed by atoms with Crippen molar-refractivity contribution in [2.24, 2.45) is 5.73 Å². The van der Waals surface area contributed by atoms with Gasteiger partial charge in [0.15, 0.2) is 5.13 Å². The molecule has 3 rings (SSSR count). The SMILES string of the molecule is N[C@@]1(NC(=O)Nc2ncc(-c3ccccc3)s2)CCCNC1. The summed E-state index contributed by atoms with van der Waals surface area (Å²) in [6.07, 6.45) is 3.47. The van der Waals surface area contributed by atoms with E-state index in [1.54, 1.807) is 6.20 Å². The third kappa shape index (κ3) is 3.62. The number of anilines is 1. The van der Waals surface area contributed by atoms with Crippen molar-refractivity contribution >= 4 is 22.5 Å². The average Bonchev–Trinajstić information content (AvgIpc) is 2.96. The number of benzene rings is 1. The number of nitrogens with zero attached hydrogens (tertiary/aromatic N) is 1. The maximum Gasteiger partial charge on any atom is 0.322 e. The van der Waals surface area contributed by atoms with Gasteiger partial charge >= 0.3 is 6.03 Å². The fraction of sp³-hybridized carbons (Fsp3) is 0.333. The highest BCUT2D eigenvalue weighted by Gasteiger charge is 2.29. The first-order valence-electron chi connectivity index (χ1n) is 7.25. The maximum absolute atomic E-state index is 12.1. The molecular formula is C15H19N5OS. The minimum Gasteiger partial charge on any atom is -0.319 e. The summed E-state index contributed by atoms with van der Waals surface area (Å²) in [5.41, 5.74) is 6.55. The number of piperidine rings is 1. The Labute approximate surface area is 133 Å². The minimum atomic E-state index is -0.693. The smallest absolute Gasteiger partial charge is 0.319 e. The molecule has 0 saturated carbocycles. The first-order chi connectivity index (χ1) is 10.6. The van der Waals surface area contributed by atoms with Crippen LogP contribution in [-0.4, -0.2) is 29.8 Å². The minimum absolute atomic E-state index is 0.319. The second-order valence-corrected chi connectivity index (χ2v) is 6.44. The monoisotopic (exact) mass is 317 g/mol. The third-order valence-electron chi connectivity index (χ3n) is 3.56. The van der Waals surface area contributed by atoms with E-state index in [1.165, 1.54) is 11.3 Å². The molecule has 1 atom stereocenters. The highest BCUT2D eigenvalue weighted by atomic mass is 32.1. The van der Waals surface area contributed by atoms with Crippen molar-refractivity contribution in [3.05, 3.63) is 36.5 Å². The number of nitrogens with one attached hydrogen (secondary N) is 3. The highest BCUT2D eigenvalue weighted by Crippen LogP contribution is 2.28. The van der Waals surface area contributed by atoms with Gasteiger partial charge in [-0.3, -0.25) is 5.32 Å². The van der Waals surface area contributed by atoms with E-state index in [1.807, 2.05) is 30.3 Å². The Morgan fingerprint density at radius 3 is 2.91 bits per heavy atom. The zero-order valence-electron chi connectivity index (χ0n) is 12.1. The van der Waals surface area contributed by atoms with E-state index < -0.39 is 5.66 Å². The van der Waals surface area contributed by atoms with Crippen LogP contribution in [0.5, 0.6) is 0 Å². The number of carbonyl (C=O) groups is 1. The summed E-state index contributed by atoms with van der Waals surface area (Å²) < 4.78 is 0. The summed E-state index contributed by atoms with van der Waals surface area (Å²) in [5, 5.41) is 9.33. The fourth-order valence-corrected chi connectivity index (χ4v) is 3.27. The van der Waals surface area contributed by atoms with Gasteiger partial charge in [0, 0.05) is 12.7 Å². The molecule has 1 aliphatic rings. The number of hydrogen-bond donors (Lipinski definition) is 4. The molecule has 22 heavy (non-hydrogen) atoms. The van der Waals surface area contributed by atoms with Crippen LogP contribution in [0.1, 0.15) is 12.8 Å². The van der Waals surface area contributed by atoms with Crippen LogP contribution >= 0.6 is 11.3 Å². The summed E-state index contributed by atoms with van der Waals surface area (Å²) in [5.74, 6) is 0. The maximum atomic E-state index is 12.1. The molecule has 0 bridgehead atoms. The summed E-state index contributed by atoms with van der Waals surface area (Å²) in [6.45, 7) is 1.52. The predicted molar refractivity (Wildman–Crippen MR) is 88.7 cm³/mol. The molecule has 6 nitrogen and oxygen atoms in total. The first-order valence-corrected chi connectivity index (χ1v) is 8.06. The van der Waals surface area contributed by atoms with Gasteiger partial charge in [-0.25, -0.2) is 9.78 Å². The van der Waals surface area contributed by atoms with Crippen molar-refractivity contribution in [2.45, 2.75) is 18.5 Å². The van der Waals surface area contributed by atoms with Gasteiger partial charge in [0.1, 0.15) is 5.66 Å². The molecule has 1 aromatic heterocycles. The van der Waals surface area contributed by atoms with Gasteiger partial charge in [0.05, 0.1) is 4.88 Å². The van der Waals surface area contributed by atoms with E-state index in [2.05, 4.69) is 20.9 Å². The van der Waals surface area contributed by atoms with Gasteiger partial charge in [-0.15, -0.1) is 0 Å². The first kappa shape index (κ1) is 15.0. The lowest BCUT2D eigenvalue weighted by molar-refractivity contribution is 0.222. The lowest BCUT2D eigenvalue weighted by Crippen LogP contribution is -2.64. The molecule has 0 spiro atoms. The van der Waals surface area contributed by atoms with Crippen molar-refractivity contribution < 1.29 is 4.79 Å². The van der Waals surface area contributed by atoms with E-state index in [-0.39, 0.29) is 6.03 Å². The van der Waals surface area contributed by atoms with Crippen LogP contribution in [0.25, 0.3) is 10.4 Å². The molecule has 2 heterocycles. The summed E-state index contributed by atoms with van der Waals surface area (Å²) in [6, 6.07) is 9.63. The Balaban J connectivity index is 1.61. The Hall–Kier alpha value is -1.96. The summed E-state index contributed by atoms with van der Waals surface area (Å²) in [7, 11) is 0. The van der Waals surface area contributed by atoms with Crippen LogP contribution in [0.3, 0.4) is 0 Å². The van der Waals surface area contributed by atoms with Gasteiger partial charge in [0.2, 0.25) is 0 Å². The van der Waals surface area contributed by atoms with Crippen molar-refractivity contribution in [3.8, 4) is 10.4 Å². The number of aromatic nitrogens is 1. The standard InChI is InChI=1S/C15H19N5OS/c16-15(7-4-8-17-10-15)20-13(21)19-14-18-9-12(22-14)11-5-2-1-3-6-11/h1-3,5-6,9,17H,4,7-8,10,16H2,(H2,18,19,20,21)/t15-/m1/s1. The Morgan fingerprint density at radius 2 is 2.18 bits per heavy atom. The van der Waals surface area contributed by atoms with Crippen molar-refractivity contribution in [3.63, 3.8) is 0 Å². The van der Waals surface area contributed by atoms with Crippen molar-refractivity contribution in [2.75, 3.05) is 18.4 Å². The van der Waals surface area contributed by atoms with Gasteiger partial charge in [0.25, 0.3) is 0 Å². The Morgan fingerprint density at radius 1 is 1.36 bits per heavy atom. The Kier molecular flexibility index (Phi) is 4.37. The van der Waals surface area contributed by atoms with Crippen LogP contribution in [-0.2, 0) is 0 Å². The van der Waals surface area contributed by atoms with E-state index in [0.29, 0.717) is 11.7 Å². The number of carbonyl (C=O) groups excluding carboxylic acids is 1. The molecule has 1 aromatic carbocycles. The van der Waals surface area contributed by atoms with Crippen LogP contribution in [0.2, 0.25) is 0 Å². The molecule has 116 valence electrons. The molecule has 0 radical (unpaired) electrons. The van der Waals surface area contributed by atoms with Gasteiger partial charge in [-0.1, -0.05) is 41.7 Å². The third-order valence-corrected chi connectivity index (χ3v) is 4.53. The van der Waals surface area contributed by atoms with Gasteiger partial charge < -0.3 is 16.4 Å². The van der Waals surface area contributed by atoms with Crippen LogP contribution in [0.15, 0.2) is 36.5 Å². The van der Waals surface area contributed by atoms with Crippen molar-refractivity contribution in [1.29, 1.82) is 0 Å². The summed E-state index contributed by atoms with van der Waals surface area (Å²) in [4.78, 5) is 17.3. The van der Waals surface area contributed by atoms with Crippen molar-refractivity contribution in [1.82, 2.24) is 15.6 Å². The quantitative estimate of drug-likeness (QED) is 0.651. The molecule has 1 fully saturated rings. The van der Waals surface area contributed by atoms with E-state index in [4.69, 9.17) is 5.73 Å². The van der Waals surface area contributed by atoms with E-state index in [0.717, 1.165) is 29.8 Å². The molecule has 2 aromatic rings. The molecule has 5 N–H and O–H groups in total. The number of thiazole rings is 1. The molecule has 1 aliphatic heterocycles. The van der Waals surface area contributed by atoms with Crippen LogP contribution in [0, 0.1) is 0 Å². The second-order valence-electron chi connectivity index (χ2n) is 5.41. The second kappa shape index (κ2) is 6.43. The summed E-state index contributed by atoms with van der Waals surface area (Å²) >= 11 is 1.44. The molecule has 1 saturated heterocycles. The number of nitrogens with two attached hydrogens (primary N) is 1. The lowest BCUT2D eigenvalue weighted by Gasteiger charge is -2.34. The normalized spacial score (nSPS) is 21.3. The van der Waals surface area contributed by atoms with Crippen LogP contribution in [0.4, 0.5) is 9.93 Å². The zero-order chi connectivity index (χ0) is 15.4. The molecule has 7 heteroatoms. The molecule has 0 aliphatic carbocycles. The highest BCUT2D eigenvalue weighted by molar-refractivity contribution is 7.19. The number of amides is 2. The average molecular weight is 317 g/mol. The predicted octanol–water partition coefficient (Wildman–Crippen LogP) is 1.97. The van der Waals surface area contributed by atoms with Gasteiger partial charge in [-0.2, -0.15) is 0 Å². The number of hydrogen-bond acceptors (Lipinski definition) is 5.